The first-order valence-electron chi connectivity index (χ1n) is 20.3. The molecule has 4 saturated carbocycles. The normalized spacial score (nSPS) is 34.1. The third kappa shape index (κ3) is 7.74. The molecule has 9 atom stereocenters. The van der Waals surface area contributed by atoms with E-state index < -0.39 is 29.8 Å². The molecule has 0 spiro atoms. The van der Waals surface area contributed by atoms with Gasteiger partial charge in [-0.2, -0.15) is 0 Å². The summed E-state index contributed by atoms with van der Waals surface area (Å²) < 4.78 is 33.9. The van der Waals surface area contributed by atoms with Crippen molar-refractivity contribution in [2.75, 3.05) is 12.4 Å². The van der Waals surface area contributed by atoms with E-state index in [9.17, 15) is 18.3 Å². The van der Waals surface area contributed by atoms with Gasteiger partial charge in [-0.1, -0.05) is 96.1 Å². The first kappa shape index (κ1) is 39.7. The number of carbonyl (C=O) groups excluding carboxylic acids is 1. The Kier molecular flexibility index (Phi) is 11.1. The SMILES string of the molecule is C[C@H](CCC(=O)NS(=O)(=O)CCO[Si](C)(C)C(C)(C)C)[C@H]1CC[C@H]2[C@@H]3CC[C@@H]4C[C@](O)(c5ccc(-c6ccccc6)cc5)CC[C@]4(C)[C@H]3CC[C@]12C. The van der Waals surface area contributed by atoms with Crippen LogP contribution in [-0.4, -0.2) is 40.1 Å². The second kappa shape index (κ2) is 14.6. The number of aliphatic hydroxyl groups is 1. The summed E-state index contributed by atoms with van der Waals surface area (Å²) in [4.78, 5) is 12.9. The number of amides is 1. The van der Waals surface area contributed by atoms with Crippen LogP contribution in [0.15, 0.2) is 54.6 Å². The van der Waals surface area contributed by atoms with E-state index in [-0.39, 0.29) is 34.6 Å². The van der Waals surface area contributed by atoms with Gasteiger partial charge in [-0.05, 0) is 145 Å². The standard InChI is InChI=1S/C44H67NO5SSi/c1-31(14-23-40(46)45-51(48,49)29-28-50-52(7,8)41(2,3)4)37-21-22-38-36-20-19-35-30-44(47,27-26-42(35,5)39(36)24-25-43(37,38)6)34-17-15-33(16-18-34)32-12-10-9-11-13-32/h9-13,15-18,31,35-39,47H,14,19-30H2,1-8H3,(H,45,46)/t31-,35-,36+,37-,38+,39+,42+,43-,44+/m1/s1. The van der Waals surface area contributed by atoms with Gasteiger partial charge in [-0.25, -0.2) is 8.42 Å². The third-order valence-electron chi connectivity index (χ3n) is 15.7. The molecule has 6 rings (SSSR count). The Morgan fingerprint density at radius 3 is 2.23 bits per heavy atom. The van der Waals surface area contributed by atoms with Crippen molar-refractivity contribution in [2.45, 2.75) is 136 Å². The Bertz CT molecular complexity index is 1670. The van der Waals surface area contributed by atoms with E-state index in [1.165, 1.54) is 49.7 Å². The zero-order chi connectivity index (χ0) is 37.7. The molecule has 8 heteroatoms. The maximum absolute atomic E-state index is 12.9. The van der Waals surface area contributed by atoms with Crippen molar-refractivity contribution >= 4 is 24.2 Å². The van der Waals surface area contributed by atoms with Gasteiger partial charge in [0.1, 0.15) is 0 Å². The minimum absolute atomic E-state index is 0.00266. The molecule has 0 unspecified atom stereocenters. The number of hydrogen-bond donors (Lipinski definition) is 2. The monoisotopic (exact) mass is 749 g/mol. The van der Waals surface area contributed by atoms with Crippen LogP contribution < -0.4 is 4.72 Å². The molecule has 4 fully saturated rings. The van der Waals surface area contributed by atoms with Crippen molar-refractivity contribution in [1.82, 2.24) is 4.72 Å². The lowest BCUT2D eigenvalue weighted by Crippen LogP contribution is -2.55. The molecular formula is C44H67NO5SSi. The first-order valence-corrected chi connectivity index (χ1v) is 24.9. The Balaban J connectivity index is 1.03. The Labute approximate surface area is 316 Å². The Hall–Kier alpha value is -2.00. The molecule has 1 amide bonds. The van der Waals surface area contributed by atoms with Crippen LogP contribution in [0.5, 0.6) is 0 Å². The van der Waals surface area contributed by atoms with E-state index in [0.717, 1.165) is 30.7 Å². The van der Waals surface area contributed by atoms with E-state index in [2.05, 4.69) is 108 Å². The molecule has 4 aliphatic carbocycles. The molecule has 0 radical (unpaired) electrons. The van der Waals surface area contributed by atoms with Crippen LogP contribution in [0.3, 0.4) is 0 Å². The van der Waals surface area contributed by atoms with Crippen LogP contribution in [-0.2, 0) is 24.8 Å². The third-order valence-corrected chi connectivity index (χ3v) is 21.5. The lowest BCUT2D eigenvalue weighted by atomic mass is 9.43. The highest BCUT2D eigenvalue weighted by atomic mass is 32.2. The van der Waals surface area contributed by atoms with Gasteiger partial charge in [0.05, 0.1) is 11.4 Å². The topological polar surface area (TPSA) is 92.7 Å². The first-order chi connectivity index (χ1) is 24.3. The number of hydrogen-bond acceptors (Lipinski definition) is 5. The van der Waals surface area contributed by atoms with Gasteiger partial charge in [0, 0.05) is 13.0 Å². The number of benzene rings is 2. The average Bonchev–Trinajstić information content (AvgIpc) is 3.44. The molecule has 2 aromatic rings. The van der Waals surface area contributed by atoms with E-state index in [1.54, 1.807) is 0 Å². The molecular weight excluding hydrogens is 683 g/mol. The molecule has 52 heavy (non-hydrogen) atoms. The molecule has 4 aliphatic rings. The van der Waals surface area contributed by atoms with E-state index in [1.807, 2.05) is 6.07 Å². The van der Waals surface area contributed by atoms with Crippen LogP contribution in [0.4, 0.5) is 0 Å². The van der Waals surface area contributed by atoms with E-state index in [4.69, 9.17) is 4.43 Å². The van der Waals surface area contributed by atoms with Crippen molar-refractivity contribution in [3.05, 3.63) is 60.2 Å². The van der Waals surface area contributed by atoms with Crippen LogP contribution in [0.2, 0.25) is 18.1 Å². The second-order valence-corrected chi connectivity index (χ2v) is 26.2. The highest BCUT2D eigenvalue weighted by Crippen LogP contribution is 2.69. The van der Waals surface area contributed by atoms with Crippen LogP contribution in [0.25, 0.3) is 11.1 Å². The molecule has 2 aromatic carbocycles. The molecule has 0 heterocycles. The molecule has 6 nitrogen and oxygen atoms in total. The van der Waals surface area contributed by atoms with Crippen molar-refractivity contribution in [3.8, 4) is 11.1 Å². The fraction of sp³-hybridized carbons (Fsp3) is 0.705. The number of fused-ring (bicyclic) bond motifs is 5. The van der Waals surface area contributed by atoms with Crippen LogP contribution in [0.1, 0.15) is 118 Å². The second-order valence-electron chi connectivity index (χ2n) is 19.5. The average molecular weight is 750 g/mol. The smallest absolute Gasteiger partial charge is 0.237 e. The molecule has 288 valence electrons. The maximum Gasteiger partial charge on any atom is 0.237 e. The molecule has 0 aromatic heterocycles. The Morgan fingerprint density at radius 2 is 1.56 bits per heavy atom. The van der Waals surface area contributed by atoms with E-state index in [0.29, 0.717) is 36.0 Å². The number of carbonyl (C=O) groups is 1. The zero-order valence-corrected chi connectivity index (χ0v) is 35.2. The maximum atomic E-state index is 12.9. The summed E-state index contributed by atoms with van der Waals surface area (Å²) in [7, 11) is -5.78. The summed E-state index contributed by atoms with van der Waals surface area (Å²) in [5, 5.41) is 12.1. The van der Waals surface area contributed by atoms with Gasteiger partial charge in [0.2, 0.25) is 15.9 Å². The van der Waals surface area contributed by atoms with Gasteiger partial charge in [0.15, 0.2) is 8.32 Å². The summed E-state index contributed by atoms with van der Waals surface area (Å²) in [5.41, 5.74) is 3.25. The lowest BCUT2D eigenvalue weighted by Gasteiger charge is -2.62. The number of sulfonamides is 1. The molecule has 2 N–H and O–H groups in total. The lowest BCUT2D eigenvalue weighted by molar-refractivity contribution is -0.154. The van der Waals surface area contributed by atoms with Gasteiger partial charge >= 0.3 is 0 Å². The summed E-state index contributed by atoms with van der Waals surface area (Å²) in [6.07, 6.45) is 11.1. The van der Waals surface area contributed by atoms with Gasteiger partial charge < -0.3 is 9.53 Å². The van der Waals surface area contributed by atoms with Gasteiger partial charge in [0.25, 0.3) is 0 Å². The summed E-state index contributed by atoms with van der Waals surface area (Å²) >= 11 is 0. The molecule has 0 aliphatic heterocycles. The minimum Gasteiger partial charge on any atom is -0.416 e. The fourth-order valence-corrected chi connectivity index (χ4v) is 13.6. The van der Waals surface area contributed by atoms with Crippen molar-refractivity contribution in [3.63, 3.8) is 0 Å². The van der Waals surface area contributed by atoms with Crippen LogP contribution in [0, 0.1) is 46.3 Å². The highest BCUT2D eigenvalue weighted by molar-refractivity contribution is 7.90. The van der Waals surface area contributed by atoms with Crippen LogP contribution >= 0.6 is 0 Å². The predicted octanol–water partition coefficient (Wildman–Crippen LogP) is 10.1. The van der Waals surface area contributed by atoms with Crippen molar-refractivity contribution in [1.29, 1.82) is 0 Å². The minimum atomic E-state index is -3.73. The van der Waals surface area contributed by atoms with E-state index >= 15 is 0 Å². The zero-order valence-electron chi connectivity index (χ0n) is 33.3. The fourth-order valence-electron chi connectivity index (χ4n) is 11.5. The highest BCUT2D eigenvalue weighted by Gasteiger charge is 2.61. The number of rotatable bonds is 11. The largest absolute Gasteiger partial charge is 0.416 e. The quantitative estimate of drug-likeness (QED) is 0.223. The summed E-state index contributed by atoms with van der Waals surface area (Å²) in [6.45, 7) is 18.1. The predicted molar refractivity (Wildman–Crippen MR) is 214 cm³/mol. The van der Waals surface area contributed by atoms with Gasteiger partial charge in [-0.15, -0.1) is 0 Å². The summed E-state index contributed by atoms with van der Waals surface area (Å²) in [5.74, 6) is 3.03. The number of nitrogens with one attached hydrogen (secondary N) is 1. The molecule has 0 bridgehead atoms. The summed E-state index contributed by atoms with van der Waals surface area (Å²) in [6, 6.07) is 19.1. The van der Waals surface area contributed by atoms with Crippen molar-refractivity contribution in [2.24, 2.45) is 46.3 Å². The van der Waals surface area contributed by atoms with Crippen molar-refractivity contribution < 1.29 is 22.7 Å². The van der Waals surface area contributed by atoms with Gasteiger partial charge in [-0.3, -0.25) is 9.52 Å². The molecule has 0 saturated heterocycles. The Morgan fingerprint density at radius 1 is 0.904 bits per heavy atom.